The molecule has 1 fully saturated rings. The summed E-state index contributed by atoms with van der Waals surface area (Å²) in [6, 6.07) is 1.71. The number of anilines is 1. The maximum atomic E-state index is 10.4. The molecule has 0 amide bonds. The molecule has 62 valence electrons. The quantitative estimate of drug-likeness (QED) is 0.653. The van der Waals surface area contributed by atoms with Crippen LogP contribution >= 0.6 is 0 Å². The van der Waals surface area contributed by atoms with Crippen molar-refractivity contribution in [1.29, 1.82) is 0 Å². The Hall–Kier alpha value is -1.45. The van der Waals surface area contributed by atoms with Crippen molar-refractivity contribution in [2.24, 2.45) is 0 Å². The van der Waals surface area contributed by atoms with E-state index in [-0.39, 0.29) is 5.95 Å². The van der Waals surface area contributed by atoms with Gasteiger partial charge >= 0.3 is 0 Å². The minimum absolute atomic E-state index is 0.196. The van der Waals surface area contributed by atoms with Gasteiger partial charge in [-0.1, -0.05) is 0 Å². The molecule has 1 aromatic rings. The van der Waals surface area contributed by atoms with E-state index < -0.39 is 0 Å². The second-order valence-electron chi connectivity index (χ2n) is 2.97. The number of aldehydes is 1. The van der Waals surface area contributed by atoms with Crippen LogP contribution in [0.1, 0.15) is 34.9 Å². The second-order valence-corrected chi connectivity index (χ2v) is 2.97. The van der Waals surface area contributed by atoms with Crippen LogP contribution < -0.4 is 5.73 Å². The summed E-state index contributed by atoms with van der Waals surface area (Å²) in [4.78, 5) is 18.2. The van der Waals surface area contributed by atoms with Gasteiger partial charge in [-0.15, -0.1) is 0 Å². The Labute approximate surface area is 69.8 Å². The Morgan fingerprint density at radius 3 is 2.83 bits per heavy atom. The number of carbonyl (C=O) groups excluding carboxylic acids is 1. The lowest BCUT2D eigenvalue weighted by Gasteiger charge is -1.98. The van der Waals surface area contributed by atoms with Crippen LogP contribution in [0.25, 0.3) is 0 Å². The Balaban J connectivity index is 2.40. The fraction of sp³-hybridized carbons (Fsp3) is 0.375. The van der Waals surface area contributed by atoms with Crippen LogP contribution in [0.5, 0.6) is 0 Å². The number of hydrogen-bond donors (Lipinski definition) is 1. The first-order valence-electron chi connectivity index (χ1n) is 3.89. The standard InChI is InChI=1S/C8H9N3O/c9-8-10-6(4-12)3-7(11-8)5-1-2-5/h3-5H,1-2H2,(H2,9,10,11). The lowest BCUT2D eigenvalue weighted by atomic mass is 10.2. The number of aromatic nitrogens is 2. The zero-order chi connectivity index (χ0) is 8.55. The summed E-state index contributed by atoms with van der Waals surface area (Å²) in [5.74, 6) is 0.704. The largest absolute Gasteiger partial charge is 0.368 e. The molecule has 0 bridgehead atoms. The molecule has 2 rings (SSSR count). The monoisotopic (exact) mass is 163 g/mol. The summed E-state index contributed by atoms with van der Waals surface area (Å²) in [6.07, 6.45) is 2.99. The van der Waals surface area contributed by atoms with Gasteiger partial charge < -0.3 is 5.73 Å². The maximum absolute atomic E-state index is 10.4. The van der Waals surface area contributed by atoms with Gasteiger partial charge in [0.25, 0.3) is 0 Å². The van der Waals surface area contributed by atoms with Gasteiger partial charge in [0.15, 0.2) is 6.29 Å². The van der Waals surface area contributed by atoms with Gasteiger partial charge in [0.1, 0.15) is 5.69 Å². The van der Waals surface area contributed by atoms with E-state index in [0.717, 1.165) is 18.5 Å². The predicted molar refractivity (Wildman–Crippen MR) is 43.8 cm³/mol. The van der Waals surface area contributed by atoms with Crippen LogP contribution in [0.2, 0.25) is 0 Å². The number of rotatable bonds is 2. The predicted octanol–water partition coefficient (Wildman–Crippen LogP) is 0.749. The highest BCUT2D eigenvalue weighted by molar-refractivity contribution is 5.72. The molecule has 2 N–H and O–H groups in total. The molecule has 4 heteroatoms. The van der Waals surface area contributed by atoms with Crippen LogP contribution in [0.15, 0.2) is 6.07 Å². The highest BCUT2D eigenvalue weighted by atomic mass is 16.1. The van der Waals surface area contributed by atoms with Gasteiger partial charge in [-0.05, 0) is 18.9 Å². The zero-order valence-corrected chi connectivity index (χ0v) is 6.53. The van der Waals surface area contributed by atoms with Crippen molar-refractivity contribution in [3.63, 3.8) is 0 Å². The second kappa shape index (κ2) is 2.55. The number of nitrogens with zero attached hydrogens (tertiary/aromatic N) is 2. The Bertz CT molecular complexity index is 320. The van der Waals surface area contributed by atoms with E-state index in [9.17, 15) is 4.79 Å². The van der Waals surface area contributed by atoms with Crippen LogP contribution in [0.4, 0.5) is 5.95 Å². The zero-order valence-electron chi connectivity index (χ0n) is 6.53. The molecule has 0 unspecified atom stereocenters. The molecule has 1 aromatic heterocycles. The summed E-state index contributed by atoms with van der Waals surface area (Å²) in [7, 11) is 0. The van der Waals surface area contributed by atoms with E-state index in [1.54, 1.807) is 6.07 Å². The van der Waals surface area contributed by atoms with Crippen molar-refractivity contribution in [2.45, 2.75) is 18.8 Å². The SMILES string of the molecule is Nc1nc(C=O)cc(C2CC2)n1. The minimum atomic E-state index is 0.196. The maximum Gasteiger partial charge on any atom is 0.220 e. The van der Waals surface area contributed by atoms with E-state index >= 15 is 0 Å². The smallest absolute Gasteiger partial charge is 0.220 e. The number of hydrogen-bond acceptors (Lipinski definition) is 4. The summed E-state index contributed by atoms with van der Waals surface area (Å²) >= 11 is 0. The Kier molecular flexibility index (Phi) is 1.53. The van der Waals surface area contributed by atoms with Gasteiger partial charge in [0, 0.05) is 11.6 Å². The van der Waals surface area contributed by atoms with Gasteiger partial charge in [0.2, 0.25) is 5.95 Å². The lowest BCUT2D eigenvalue weighted by molar-refractivity contribution is 0.111. The van der Waals surface area contributed by atoms with Crippen molar-refractivity contribution in [1.82, 2.24) is 9.97 Å². The van der Waals surface area contributed by atoms with Crippen LogP contribution in [-0.2, 0) is 0 Å². The molecule has 0 aliphatic heterocycles. The van der Waals surface area contributed by atoms with E-state index in [0.29, 0.717) is 17.9 Å². The van der Waals surface area contributed by atoms with Crippen molar-refractivity contribution in [3.8, 4) is 0 Å². The molecule has 1 aliphatic rings. The van der Waals surface area contributed by atoms with Crippen molar-refractivity contribution < 1.29 is 4.79 Å². The fourth-order valence-corrected chi connectivity index (χ4v) is 1.15. The third-order valence-electron chi connectivity index (χ3n) is 1.90. The third-order valence-corrected chi connectivity index (χ3v) is 1.90. The first kappa shape index (κ1) is 7.21. The highest BCUT2D eigenvalue weighted by Crippen LogP contribution is 2.39. The normalized spacial score (nSPS) is 16.0. The topological polar surface area (TPSA) is 68.9 Å². The van der Waals surface area contributed by atoms with Gasteiger partial charge in [-0.3, -0.25) is 4.79 Å². The van der Waals surface area contributed by atoms with Crippen molar-refractivity contribution in [2.75, 3.05) is 5.73 Å². The highest BCUT2D eigenvalue weighted by Gasteiger charge is 2.25. The molecule has 0 atom stereocenters. The summed E-state index contributed by atoms with van der Waals surface area (Å²) in [5, 5.41) is 0. The van der Waals surface area contributed by atoms with Crippen molar-refractivity contribution in [3.05, 3.63) is 17.5 Å². The van der Waals surface area contributed by atoms with Crippen molar-refractivity contribution >= 4 is 12.2 Å². The molecule has 0 radical (unpaired) electrons. The van der Waals surface area contributed by atoms with Gasteiger partial charge in [-0.2, -0.15) is 0 Å². The Morgan fingerprint density at radius 2 is 2.25 bits per heavy atom. The third kappa shape index (κ3) is 1.28. The molecule has 12 heavy (non-hydrogen) atoms. The molecular formula is C8H9N3O. The molecule has 4 nitrogen and oxygen atoms in total. The average Bonchev–Trinajstić information content (AvgIpc) is 2.85. The summed E-state index contributed by atoms with van der Waals surface area (Å²) in [6.45, 7) is 0. The summed E-state index contributed by atoms with van der Waals surface area (Å²) in [5.41, 5.74) is 6.71. The number of nitrogens with two attached hydrogens (primary N) is 1. The molecule has 0 aromatic carbocycles. The minimum Gasteiger partial charge on any atom is -0.368 e. The van der Waals surface area contributed by atoms with E-state index in [1.807, 2.05) is 0 Å². The van der Waals surface area contributed by atoms with Crippen LogP contribution in [-0.4, -0.2) is 16.3 Å². The number of carbonyl (C=O) groups is 1. The molecule has 1 aliphatic carbocycles. The number of nitrogen functional groups attached to an aromatic ring is 1. The van der Waals surface area contributed by atoms with Gasteiger partial charge in [0.05, 0.1) is 0 Å². The fourth-order valence-electron chi connectivity index (χ4n) is 1.15. The van der Waals surface area contributed by atoms with E-state index in [4.69, 9.17) is 5.73 Å². The first-order chi connectivity index (χ1) is 5.79. The molecule has 1 heterocycles. The van der Waals surface area contributed by atoms with E-state index in [1.165, 1.54) is 0 Å². The van der Waals surface area contributed by atoms with Gasteiger partial charge in [-0.25, -0.2) is 9.97 Å². The first-order valence-corrected chi connectivity index (χ1v) is 3.89. The molecule has 0 saturated heterocycles. The summed E-state index contributed by atoms with van der Waals surface area (Å²) < 4.78 is 0. The average molecular weight is 163 g/mol. The van der Waals surface area contributed by atoms with E-state index in [2.05, 4.69) is 9.97 Å². The molecule has 1 saturated carbocycles. The lowest BCUT2D eigenvalue weighted by Crippen LogP contribution is -2.01. The Morgan fingerprint density at radius 1 is 1.50 bits per heavy atom. The van der Waals surface area contributed by atoms with Crippen LogP contribution in [0.3, 0.4) is 0 Å². The van der Waals surface area contributed by atoms with Crippen LogP contribution in [0, 0.1) is 0 Å². The molecule has 0 spiro atoms. The molecular weight excluding hydrogens is 154 g/mol.